The number of hydrogen-bond donors (Lipinski definition) is 1. The fourth-order valence-corrected chi connectivity index (χ4v) is 4.45. The van der Waals surface area contributed by atoms with Gasteiger partial charge in [-0.3, -0.25) is 4.79 Å². The zero-order valence-corrected chi connectivity index (χ0v) is 20.6. The normalized spacial score (nSPS) is 11.7. The average molecular weight is 475 g/mol. The number of nitrogens with zero attached hydrogens (tertiary/aromatic N) is 1. The van der Waals surface area contributed by atoms with Crippen molar-refractivity contribution in [1.82, 2.24) is 9.88 Å². The SMILES string of the molecule is CCN(C(=O)c1cc(OC)c(OC)c(OC)c1)[C@H](c1ccc(OC)cc1)c1c[nH]c2ccccc12. The van der Waals surface area contributed by atoms with E-state index in [2.05, 4.69) is 11.1 Å². The summed E-state index contributed by atoms with van der Waals surface area (Å²) < 4.78 is 21.8. The molecule has 3 aromatic carbocycles. The quantitative estimate of drug-likeness (QED) is 0.349. The predicted molar refractivity (Wildman–Crippen MR) is 136 cm³/mol. The highest BCUT2D eigenvalue weighted by Crippen LogP contribution is 2.40. The highest BCUT2D eigenvalue weighted by atomic mass is 16.5. The van der Waals surface area contributed by atoms with Crippen LogP contribution in [-0.4, -0.2) is 50.8 Å². The topological polar surface area (TPSA) is 73.0 Å². The van der Waals surface area contributed by atoms with Crippen LogP contribution in [0.2, 0.25) is 0 Å². The van der Waals surface area contributed by atoms with Crippen molar-refractivity contribution in [1.29, 1.82) is 0 Å². The molecule has 1 aromatic heterocycles. The lowest BCUT2D eigenvalue weighted by molar-refractivity contribution is 0.0717. The van der Waals surface area contributed by atoms with Gasteiger partial charge in [0, 0.05) is 34.8 Å². The summed E-state index contributed by atoms with van der Waals surface area (Å²) in [6.07, 6.45) is 1.98. The molecule has 0 saturated carbocycles. The van der Waals surface area contributed by atoms with Crippen LogP contribution in [0.3, 0.4) is 0 Å². The first-order valence-corrected chi connectivity index (χ1v) is 11.4. The molecule has 1 N–H and O–H groups in total. The number of carbonyl (C=O) groups excluding carboxylic acids is 1. The van der Waals surface area contributed by atoms with Crippen LogP contribution in [0.25, 0.3) is 10.9 Å². The Bertz CT molecular complexity index is 1290. The molecule has 0 radical (unpaired) electrons. The molecular formula is C28H30N2O5. The Labute approximate surface area is 205 Å². The van der Waals surface area contributed by atoms with Crippen LogP contribution in [0.15, 0.2) is 66.9 Å². The largest absolute Gasteiger partial charge is 0.497 e. The summed E-state index contributed by atoms with van der Waals surface area (Å²) in [6.45, 7) is 2.45. The summed E-state index contributed by atoms with van der Waals surface area (Å²) in [6, 6.07) is 18.9. The second-order valence-corrected chi connectivity index (χ2v) is 7.97. The molecule has 0 aliphatic heterocycles. The van der Waals surface area contributed by atoms with Crippen LogP contribution in [0.4, 0.5) is 0 Å². The average Bonchev–Trinajstić information content (AvgIpc) is 3.34. The number of H-pyrrole nitrogens is 1. The smallest absolute Gasteiger partial charge is 0.254 e. The van der Waals surface area contributed by atoms with E-state index in [1.807, 2.05) is 60.5 Å². The van der Waals surface area contributed by atoms with Gasteiger partial charge in [-0.15, -0.1) is 0 Å². The number of nitrogens with one attached hydrogen (secondary N) is 1. The molecule has 7 heteroatoms. The zero-order valence-electron chi connectivity index (χ0n) is 20.6. The minimum Gasteiger partial charge on any atom is -0.497 e. The van der Waals surface area contributed by atoms with E-state index >= 15 is 0 Å². The fraction of sp³-hybridized carbons (Fsp3) is 0.250. The first-order valence-electron chi connectivity index (χ1n) is 11.4. The lowest BCUT2D eigenvalue weighted by atomic mass is 9.95. The standard InChI is InChI=1S/C28H30N2O5/c1-6-30(28(31)19-15-24(33-3)27(35-5)25(16-19)34-4)26(18-11-13-20(32-2)14-12-18)22-17-29-23-10-8-7-9-21(22)23/h7-17,26,29H,6H2,1-5H3/t26-/m1/s1. The van der Waals surface area contributed by atoms with E-state index in [1.54, 1.807) is 19.2 Å². The monoisotopic (exact) mass is 474 g/mol. The van der Waals surface area contributed by atoms with Crippen LogP contribution < -0.4 is 18.9 Å². The molecule has 1 amide bonds. The van der Waals surface area contributed by atoms with Gasteiger partial charge in [0.2, 0.25) is 5.75 Å². The van der Waals surface area contributed by atoms with Gasteiger partial charge in [-0.2, -0.15) is 0 Å². The minimum atomic E-state index is -0.339. The molecule has 4 aromatic rings. The van der Waals surface area contributed by atoms with Gasteiger partial charge in [0.15, 0.2) is 11.5 Å². The van der Waals surface area contributed by atoms with E-state index in [0.717, 1.165) is 27.8 Å². The molecule has 0 aliphatic carbocycles. The summed E-state index contributed by atoms with van der Waals surface area (Å²) >= 11 is 0. The number of aromatic amines is 1. The summed E-state index contributed by atoms with van der Waals surface area (Å²) in [5, 5.41) is 1.06. The van der Waals surface area contributed by atoms with Gasteiger partial charge < -0.3 is 28.8 Å². The fourth-order valence-electron chi connectivity index (χ4n) is 4.45. The number of para-hydroxylation sites is 1. The molecule has 0 bridgehead atoms. The molecular weight excluding hydrogens is 444 g/mol. The van der Waals surface area contributed by atoms with E-state index in [9.17, 15) is 4.79 Å². The highest BCUT2D eigenvalue weighted by Gasteiger charge is 2.30. The van der Waals surface area contributed by atoms with Crippen molar-refractivity contribution in [2.75, 3.05) is 35.0 Å². The van der Waals surface area contributed by atoms with Gasteiger partial charge in [0.25, 0.3) is 5.91 Å². The Morgan fingerprint density at radius 3 is 2.11 bits per heavy atom. The lowest BCUT2D eigenvalue weighted by Gasteiger charge is -2.32. The molecule has 0 fully saturated rings. The molecule has 7 nitrogen and oxygen atoms in total. The van der Waals surface area contributed by atoms with E-state index in [0.29, 0.717) is 29.4 Å². The van der Waals surface area contributed by atoms with Gasteiger partial charge in [-0.1, -0.05) is 30.3 Å². The third-order valence-electron chi connectivity index (χ3n) is 6.17. The van der Waals surface area contributed by atoms with Crippen LogP contribution in [0.1, 0.15) is 34.5 Å². The number of benzene rings is 3. The first kappa shape index (κ1) is 24.0. The van der Waals surface area contributed by atoms with Crippen molar-refractivity contribution < 1.29 is 23.7 Å². The summed E-state index contributed by atoms with van der Waals surface area (Å²) in [5.74, 6) is 1.90. The van der Waals surface area contributed by atoms with Crippen molar-refractivity contribution in [3.63, 3.8) is 0 Å². The van der Waals surface area contributed by atoms with Crippen LogP contribution >= 0.6 is 0 Å². The van der Waals surface area contributed by atoms with Gasteiger partial charge in [-0.25, -0.2) is 0 Å². The molecule has 0 unspecified atom stereocenters. The number of carbonyl (C=O) groups is 1. The van der Waals surface area contributed by atoms with Crippen molar-refractivity contribution in [2.24, 2.45) is 0 Å². The first-order chi connectivity index (χ1) is 17.1. The number of rotatable bonds is 9. The van der Waals surface area contributed by atoms with Gasteiger partial charge in [0.05, 0.1) is 34.5 Å². The van der Waals surface area contributed by atoms with E-state index in [1.165, 1.54) is 21.3 Å². The van der Waals surface area contributed by atoms with Crippen LogP contribution in [0, 0.1) is 0 Å². The number of aromatic nitrogens is 1. The van der Waals surface area contributed by atoms with Gasteiger partial charge in [-0.05, 0) is 42.8 Å². The minimum absolute atomic E-state index is 0.155. The van der Waals surface area contributed by atoms with Crippen molar-refractivity contribution in [2.45, 2.75) is 13.0 Å². The third kappa shape index (κ3) is 4.49. The number of hydrogen-bond acceptors (Lipinski definition) is 5. The molecule has 0 aliphatic rings. The molecule has 4 rings (SSSR count). The summed E-state index contributed by atoms with van der Waals surface area (Å²) in [7, 11) is 6.25. The Morgan fingerprint density at radius 1 is 0.886 bits per heavy atom. The number of methoxy groups -OCH3 is 4. The molecule has 1 heterocycles. The molecule has 0 spiro atoms. The maximum Gasteiger partial charge on any atom is 0.254 e. The predicted octanol–water partition coefficient (Wildman–Crippen LogP) is 5.45. The Hall–Kier alpha value is -4.13. The highest BCUT2D eigenvalue weighted by molar-refractivity contribution is 5.97. The zero-order chi connectivity index (χ0) is 24.9. The maximum atomic E-state index is 14.0. The number of fused-ring (bicyclic) bond motifs is 1. The van der Waals surface area contributed by atoms with Gasteiger partial charge in [0.1, 0.15) is 5.75 Å². The molecule has 182 valence electrons. The maximum absolute atomic E-state index is 14.0. The number of amides is 1. The van der Waals surface area contributed by atoms with E-state index in [-0.39, 0.29) is 11.9 Å². The van der Waals surface area contributed by atoms with Crippen LogP contribution in [-0.2, 0) is 0 Å². The molecule has 35 heavy (non-hydrogen) atoms. The second-order valence-electron chi connectivity index (χ2n) is 7.97. The summed E-state index contributed by atoms with van der Waals surface area (Å²) in [5.41, 5.74) is 3.43. The van der Waals surface area contributed by atoms with Crippen molar-refractivity contribution in [3.8, 4) is 23.0 Å². The Morgan fingerprint density at radius 2 is 1.54 bits per heavy atom. The number of ether oxygens (including phenoxy) is 4. The van der Waals surface area contributed by atoms with E-state index < -0.39 is 0 Å². The Balaban J connectivity index is 1.86. The van der Waals surface area contributed by atoms with Crippen molar-refractivity contribution in [3.05, 3.63) is 83.6 Å². The van der Waals surface area contributed by atoms with Crippen molar-refractivity contribution >= 4 is 16.8 Å². The third-order valence-corrected chi connectivity index (χ3v) is 6.17. The van der Waals surface area contributed by atoms with E-state index in [4.69, 9.17) is 18.9 Å². The Kier molecular flexibility index (Phi) is 7.15. The molecule has 1 atom stereocenters. The van der Waals surface area contributed by atoms with Crippen LogP contribution in [0.5, 0.6) is 23.0 Å². The second kappa shape index (κ2) is 10.4. The van der Waals surface area contributed by atoms with Gasteiger partial charge >= 0.3 is 0 Å². The summed E-state index contributed by atoms with van der Waals surface area (Å²) in [4.78, 5) is 19.2. The molecule has 0 saturated heterocycles. The lowest BCUT2D eigenvalue weighted by Crippen LogP contribution is -2.35.